The minimum Gasteiger partial charge on any atom is -0.383 e. The standard InChI is InChI=1S/C10H11N3O3/c1-16-5-4-12-7-8-6-9(13(14)15)2-3-10(8)11-12/h2-3,6-7H,4-5H2,1H3. The van der Waals surface area contributed by atoms with Gasteiger partial charge in [-0.05, 0) is 6.07 Å². The highest BCUT2D eigenvalue weighted by atomic mass is 16.6. The summed E-state index contributed by atoms with van der Waals surface area (Å²) in [7, 11) is 1.62. The number of non-ortho nitro benzene ring substituents is 1. The van der Waals surface area contributed by atoms with Crippen molar-refractivity contribution >= 4 is 16.6 Å². The van der Waals surface area contributed by atoms with E-state index in [1.54, 1.807) is 24.1 Å². The predicted molar refractivity (Wildman–Crippen MR) is 58.3 cm³/mol. The normalized spacial score (nSPS) is 10.8. The fraction of sp³-hybridized carbons (Fsp3) is 0.300. The first kappa shape index (κ1) is 10.6. The number of nitrogens with zero attached hydrogens (tertiary/aromatic N) is 3. The van der Waals surface area contributed by atoms with Gasteiger partial charge in [0.1, 0.15) is 0 Å². The van der Waals surface area contributed by atoms with E-state index in [2.05, 4.69) is 5.10 Å². The Balaban J connectivity index is 2.34. The summed E-state index contributed by atoms with van der Waals surface area (Å²) >= 11 is 0. The number of nitro groups is 1. The third-order valence-electron chi connectivity index (χ3n) is 2.27. The number of methoxy groups -OCH3 is 1. The third-order valence-corrected chi connectivity index (χ3v) is 2.27. The molecular formula is C10H11N3O3. The fourth-order valence-corrected chi connectivity index (χ4v) is 1.48. The molecule has 0 unspecified atom stereocenters. The summed E-state index contributed by atoms with van der Waals surface area (Å²) in [5, 5.41) is 15.6. The Labute approximate surface area is 91.6 Å². The van der Waals surface area contributed by atoms with Crippen LogP contribution in [0.4, 0.5) is 5.69 Å². The zero-order valence-electron chi connectivity index (χ0n) is 8.79. The van der Waals surface area contributed by atoms with Crippen molar-refractivity contribution in [1.29, 1.82) is 0 Å². The van der Waals surface area contributed by atoms with E-state index < -0.39 is 4.92 Å². The first-order valence-electron chi connectivity index (χ1n) is 4.81. The van der Waals surface area contributed by atoms with Crippen LogP contribution in [0.25, 0.3) is 10.9 Å². The lowest BCUT2D eigenvalue weighted by atomic mass is 10.2. The first-order valence-corrected chi connectivity index (χ1v) is 4.81. The molecule has 0 N–H and O–H groups in total. The van der Waals surface area contributed by atoms with Crippen LogP contribution in [0.1, 0.15) is 0 Å². The van der Waals surface area contributed by atoms with E-state index in [1.807, 2.05) is 0 Å². The molecule has 1 aromatic carbocycles. The van der Waals surface area contributed by atoms with Crippen LogP contribution in [0, 0.1) is 10.1 Å². The lowest BCUT2D eigenvalue weighted by molar-refractivity contribution is -0.384. The van der Waals surface area contributed by atoms with Gasteiger partial charge in [-0.1, -0.05) is 0 Å². The molecule has 0 bridgehead atoms. The Morgan fingerprint density at radius 3 is 3.06 bits per heavy atom. The molecule has 2 rings (SSSR count). The van der Waals surface area contributed by atoms with E-state index in [9.17, 15) is 10.1 Å². The molecule has 0 atom stereocenters. The van der Waals surface area contributed by atoms with Gasteiger partial charge < -0.3 is 4.74 Å². The van der Waals surface area contributed by atoms with Crippen LogP contribution >= 0.6 is 0 Å². The van der Waals surface area contributed by atoms with Crippen molar-refractivity contribution in [1.82, 2.24) is 9.78 Å². The number of hydrogen-bond acceptors (Lipinski definition) is 4. The topological polar surface area (TPSA) is 70.2 Å². The van der Waals surface area contributed by atoms with Crippen LogP contribution in [-0.2, 0) is 11.3 Å². The molecule has 0 aliphatic rings. The van der Waals surface area contributed by atoms with E-state index in [0.717, 1.165) is 10.9 Å². The van der Waals surface area contributed by atoms with Gasteiger partial charge in [0, 0.05) is 30.8 Å². The molecule has 0 saturated heterocycles. The van der Waals surface area contributed by atoms with Gasteiger partial charge in [0.25, 0.3) is 5.69 Å². The lowest BCUT2D eigenvalue weighted by Gasteiger charge is -1.97. The van der Waals surface area contributed by atoms with Crippen LogP contribution in [0.15, 0.2) is 24.4 Å². The summed E-state index contributed by atoms with van der Waals surface area (Å²) in [4.78, 5) is 10.2. The Morgan fingerprint density at radius 2 is 2.38 bits per heavy atom. The fourth-order valence-electron chi connectivity index (χ4n) is 1.48. The molecule has 6 heteroatoms. The quantitative estimate of drug-likeness (QED) is 0.580. The first-order chi connectivity index (χ1) is 7.70. The number of aromatic nitrogens is 2. The molecule has 1 heterocycles. The minimum absolute atomic E-state index is 0.0822. The van der Waals surface area contributed by atoms with E-state index >= 15 is 0 Å². The number of hydrogen-bond donors (Lipinski definition) is 0. The van der Waals surface area contributed by atoms with Gasteiger partial charge in [-0.3, -0.25) is 14.8 Å². The summed E-state index contributed by atoms with van der Waals surface area (Å²) in [6.45, 7) is 1.20. The van der Waals surface area contributed by atoms with Crippen LogP contribution in [0.2, 0.25) is 0 Å². The molecule has 0 spiro atoms. The van der Waals surface area contributed by atoms with Crippen molar-refractivity contribution in [2.45, 2.75) is 6.54 Å². The largest absolute Gasteiger partial charge is 0.383 e. The Bertz CT molecular complexity index is 521. The molecule has 0 amide bonds. The molecule has 16 heavy (non-hydrogen) atoms. The van der Waals surface area contributed by atoms with Crippen LogP contribution in [-0.4, -0.2) is 28.4 Å². The summed E-state index contributed by atoms with van der Waals surface area (Å²) in [5.74, 6) is 0. The number of benzene rings is 1. The van der Waals surface area contributed by atoms with Crippen LogP contribution in [0.5, 0.6) is 0 Å². The smallest absolute Gasteiger partial charge is 0.270 e. The molecule has 84 valence electrons. The molecule has 1 aromatic heterocycles. The van der Waals surface area contributed by atoms with E-state index in [-0.39, 0.29) is 5.69 Å². The van der Waals surface area contributed by atoms with Gasteiger partial charge in [0.15, 0.2) is 0 Å². The molecule has 0 radical (unpaired) electrons. The lowest BCUT2D eigenvalue weighted by Crippen LogP contribution is -2.03. The van der Waals surface area contributed by atoms with Gasteiger partial charge in [0.2, 0.25) is 0 Å². The van der Waals surface area contributed by atoms with Gasteiger partial charge in [-0.2, -0.15) is 5.10 Å². The Hall–Kier alpha value is -1.95. The minimum atomic E-state index is -0.411. The molecular weight excluding hydrogens is 210 g/mol. The predicted octanol–water partition coefficient (Wildman–Crippen LogP) is 1.59. The number of nitro benzene ring substituents is 1. The molecule has 2 aromatic rings. The second-order valence-corrected chi connectivity index (χ2v) is 3.39. The van der Waals surface area contributed by atoms with E-state index in [1.165, 1.54) is 12.1 Å². The second kappa shape index (κ2) is 4.28. The highest BCUT2D eigenvalue weighted by molar-refractivity contribution is 5.80. The van der Waals surface area contributed by atoms with E-state index in [4.69, 9.17) is 4.74 Å². The van der Waals surface area contributed by atoms with Gasteiger partial charge in [0.05, 0.1) is 23.6 Å². The Morgan fingerprint density at radius 1 is 1.56 bits per heavy atom. The highest BCUT2D eigenvalue weighted by Gasteiger charge is 2.08. The van der Waals surface area contributed by atoms with Crippen molar-refractivity contribution in [2.75, 3.05) is 13.7 Å². The zero-order chi connectivity index (χ0) is 11.5. The SMILES string of the molecule is COCCn1cc2cc([N+](=O)[O-])ccc2n1. The van der Waals surface area contributed by atoms with Crippen molar-refractivity contribution in [3.05, 3.63) is 34.5 Å². The van der Waals surface area contributed by atoms with Crippen molar-refractivity contribution in [3.8, 4) is 0 Å². The molecule has 0 aliphatic carbocycles. The van der Waals surface area contributed by atoms with Gasteiger partial charge in [-0.15, -0.1) is 0 Å². The third kappa shape index (κ3) is 2.01. The van der Waals surface area contributed by atoms with E-state index in [0.29, 0.717) is 13.2 Å². The van der Waals surface area contributed by atoms with Crippen LogP contribution in [0.3, 0.4) is 0 Å². The monoisotopic (exact) mass is 221 g/mol. The molecule has 0 fully saturated rings. The Kier molecular flexibility index (Phi) is 2.82. The highest BCUT2D eigenvalue weighted by Crippen LogP contribution is 2.19. The molecule has 0 saturated carbocycles. The summed E-state index contributed by atoms with van der Waals surface area (Å²) < 4.78 is 6.65. The maximum Gasteiger partial charge on any atom is 0.270 e. The average molecular weight is 221 g/mol. The zero-order valence-corrected chi connectivity index (χ0v) is 8.79. The van der Waals surface area contributed by atoms with Crippen molar-refractivity contribution in [2.24, 2.45) is 0 Å². The number of rotatable bonds is 4. The maximum atomic E-state index is 10.6. The number of fused-ring (bicyclic) bond motifs is 1. The van der Waals surface area contributed by atoms with Crippen molar-refractivity contribution in [3.63, 3.8) is 0 Å². The average Bonchev–Trinajstić information content (AvgIpc) is 2.67. The summed E-state index contributed by atoms with van der Waals surface area (Å²) in [5.41, 5.74) is 0.834. The van der Waals surface area contributed by atoms with Gasteiger partial charge >= 0.3 is 0 Å². The second-order valence-electron chi connectivity index (χ2n) is 3.39. The molecule has 6 nitrogen and oxygen atoms in total. The van der Waals surface area contributed by atoms with Crippen LogP contribution < -0.4 is 0 Å². The molecule has 0 aliphatic heterocycles. The number of ether oxygens (including phenoxy) is 1. The van der Waals surface area contributed by atoms with Gasteiger partial charge in [-0.25, -0.2) is 0 Å². The summed E-state index contributed by atoms with van der Waals surface area (Å²) in [6, 6.07) is 4.62. The maximum absolute atomic E-state index is 10.6. The summed E-state index contributed by atoms with van der Waals surface area (Å²) in [6.07, 6.45) is 1.78. The van der Waals surface area contributed by atoms with Crippen molar-refractivity contribution < 1.29 is 9.66 Å².